The first-order valence-electron chi connectivity index (χ1n) is 25.7. The predicted molar refractivity (Wildman–Crippen MR) is 268 cm³/mol. The Kier molecular flexibility index (Phi) is 44.9. The van der Waals surface area contributed by atoms with Crippen molar-refractivity contribution in [2.45, 2.75) is 213 Å². The zero-order chi connectivity index (χ0) is 46.2. The lowest BCUT2D eigenvalue weighted by Crippen LogP contribution is -2.37. The third-order valence-corrected chi connectivity index (χ3v) is 11.7. The second-order valence-corrected chi connectivity index (χ2v) is 19.6. The summed E-state index contributed by atoms with van der Waals surface area (Å²) in [6.07, 6.45) is 60.6. The van der Waals surface area contributed by atoms with Crippen LogP contribution in [0.2, 0.25) is 0 Å². The molecule has 0 saturated heterocycles. The average molecular weight is 904 g/mol. The number of rotatable bonds is 47. The zero-order valence-electron chi connectivity index (χ0n) is 41.5. The maximum absolute atomic E-state index is 12.7. The Balaban J connectivity index is 4.17. The second kappa shape index (κ2) is 46.5. The zero-order valence-corrected chi connectivity index (χ0v) is 42.4. The first-order valence-corrected chi connectivity index (χ1v) is 27.1. The molecule has 0 heterocycles. The van der Waals surface area contributed by atoms with Crippen molar-refractivity contribution in [2.75, 3.05) is 54.1 Å². The molecule has 0 bridgehead atoms. The molecule has 0 aliphatic rings. The van der Waals surface area contributed by atoms with Crippen LogP contribution in [0.15, 0.2) is 72.9 Å². The number of esters is 1. The Labute approximate surface area is 389 Å². The van der Waals surface area contributed by atoms with E-state index in [1.54, 1.807) is 0 Å². The molecule has 0 aliphatic heterocycles. The van der Waals surface area contributed by atoms with E-state index in [1.165, 1.54) is 116 Å². The summed E-state index contributed by atoms with van der Waals surface area (Å²) in [5.41, 5.74) is 0. The van der Waals surface area contributed by atoms with Gasteiger partial charge < -0.3 is 27.9 Å². The number of likely N-dealkylation sites (N-methyl/N-ethyl adjacent to an activating group) is 1. The molecular formula is C54H98NO7P. The number of hydrogen-bond donors (Lipinski definition) is 0. The lowest BCUT2D eigenvalue weighted by molar-refractivity contribution is -0.870. The maximum atomic E-state index is 12.7. The highest BCUT2D eigenvalue weighted by Gasteiger charge is 2.20. The molecule has 0 N–H and O–H groups in total. The molecule has 0 amide bonds. The first-order chi connectivity index (χ1) is 30.6. The summed E-state index contributed by atoms with van der Waals surface area (Å²) < 4.78 is 34.7. The van der Waals surface area contributed by atoms with Crippen molar-refractivity contribution in [3.8, 4) is 0 Å². The van der Waals surface area contributed by atoms with E-state index in [4.69, 9.17) is 18.5 Å². The Morgan fingerprint density at radius 3 is 1.40 bits per heavy atom. The monoisotopic (exact) mass is 904 g/mol. The van der Waals surface area contributed by atoms with Crippen molar-refractivity contribution >= 4 is 13.8 Å². The van der Waals surface area contributed by atoms with Crippen molar-refractivity contribution < 1.29 is 37.3 Å². The molecule has 0 spiro atoms. The molecule has 0 saturated carbocycles. The van der Waals surface area contributed by atoms with Crippen molar-refractivity contribution in [3.63, 3.8) is 0 Å². The number of unbranched alkanes of at least 4 members (excludes halogenated alkanes) is 21. The highest BCUT2D eigenvalue weighted by molar-refractivity contribution is 7.45. The summed E-state index contributed by atoms with van der Waals surface area (Å²) in [6.45, 7) is 5.27. The van der Waals surface area contributed by atoms with Crippen LogP contribution in [0, 0.1) is 0 Å². The van der Waals surface area contributed by atoms with Crippen molar-refractivity contribution in [2.24, 2.45) is 0 Å². The molecule has 2 unspecified atom stereocenters. The van der Waals surface area contributed by atoms with Crippen LogP contribution in [0.4, 0.5) is 0 Å². The van der Waals surface area contributed by atoms with Crippen LogP contribution in [0.1, 0.15) is 206 Å². The van der Waals surface area contributed by atoms with Crippen LogP contribution >= 0.6 is 7.82 Å². The molecule has 9 heteroatoms. The molecule has 0 rings (SSSR count). The van der Waals surface area contributed by atoms with E-state index < -0.39 is 13.9 Å². The van der Waals surface area contributed by atoms with Gasteiger partial charge in [-0.2, -0.15) is 0 Å². The SMILES string of the molecule is CC/C=C\C/C=C\C/C=C\C/C=C\C/C=C\CCCCCCCCCCOCC(COP(=O)([O-])OCC[N+](C)(C)C)OC(=O)CCCCCCCCC/C=C\CCCCCCCC. The van der Waals surface area contributed by atoms with Gasteiger partial charge in [0.15, 0.2) is 0 Å². The van der Waals surface area contributed by atoms with Gasteiger partial charge in [-0.1, -0.05) is 189 Å². The predicted octanol–water partition coefficient (Wildman–Crippen LogP) is 15.2. The smallest absolute Gasteiger partial charge is 0.306 e. The number of quaternary nitrogens is 1. The van der Waals surface area contributed by atoms with Gasteiger partial charge in [0, 0.05) is 13.0 Å². The van der Waals surface area contributed by atoms with E-state index in [0.29, 0.717) is 24.1 Å². The van der Waals surface area contributed by atoms with Crippen molar-refractivity contribution in [1.82, 2.24) is 0 Å². The number of allylic oxidation sites excluding steroid dienone is 12. The minimum absolute atomic E-state index is 0.0205. The van der Waals surface area contributed by atoms with Gasteiger partial charge in [-0.05, 0) is 83.5 Å². The molecule has 0 fully saturated rings. The first kappa shape index (κ1) is 60.9. The van der Waals surface area contributed by atoms with E-state index in [9.17, 15) is 14.3 Å². The van der Waals surface area contributed by atoms with Crippen molar-refractivity contribution in [1.29, 1.82) is 0 Å². The fraction of sp³-hybridized carbons (Fsp3) is 0.759. The van der Waals surface area contributed by atoms with Crippen LogP contribution in [0.25, 0.3) is 0 Å². The van der Waals surface area contributed by atoms with Gasteiger partial charge in [0.05, 0.1) is 34.4 Å². The van der Waals surface area contributed by atoms with Crippen LogP contribution in [0.5, 0.6) is 0 Å². The summed E-state index contributed by atoms with van der Waals surface area (Å²) in [5, 5.41) is 0. The Hall–Kier alpha value is -2.06. The van der Waals surface area contributed by atoms with Crippen LogP contribution in [-0.2, 0) is 27.9 Å². The molecular weight excluding hydrogens is 806 g/mol. The van der Waals surface area contributed by atoms with Gasteiger partial charge in [0.2, 0.25) is 0 Å². The van der Waals surface area contributed by atoms with E-state index in [0.717, 1.165) is 70.6 Å². The number of carbonyl (C=O) groups excluding carboxylic acids is 1. The molecule has 8 nitrogen and oxygen atoms in total. The standard InChI is InChI=1S/C54H98NO7P/c1-6-8-10-12-14-16-18-20-22-24-25-26-27-28-29-30-32-34-36-38-40-42-44-46-49-59-51-53(52-61-63(57,58)60-50-48-55(3,4)5)62-54(56)47-45-43-41-39-37-35-33-31-23-21-19-17-15-13-11-9-7-2/h8,10,14,16,20-23,25-26,28-29,53H,6-7,9,11-13,15,17-19,24,27,30-52H2,1-5H3/b10-8-,16-14-,22-20-,23-21-,26-25-,29-28-. The molecule has 2 atom stereocenters. The fourth-order valence-electron chi connectivity index (χ4n) is 6.80. The lowest BCUT2D eigenvalue weighted by atomic mass is 10.1. The topological polar surface area (TPSA) is 94.1 Å². The van der Waals surface area contributed by atoms with Gasteiger partial charge in [-0.15, -0.1) is 0 Å². The van der Waals surface area contributed by atoms with E-state index in [-0.39, 0.29) is 25.8 Å². The Morgan fingerprint density at radius 1 is 0.508 bits per heavy atom. The number of phosphoric acid groups is 1. The third-order valence-electron chi connectivity index (χ3n) is 10.7. The minimum atomic E-state index is -4.54. The van der Waals surface area contributed by atoms with E-state index in [1.807, 2.05) is 21.1 Å². The normalized spacial score (nSPS) is 14.2. The van der Waals surface area contributed by atoms with Crippen LogP contribution in [0.3, 0.4) is 0 Å². The molecule has 366 valence electrons. The summed E-state index contributed by atoms with van der Waals surface area (Å²) in [6, 6.07) is 0. The Bertz CT molecular complexity index is 1230. The third kappa shape index (κ3) is 50.8. The number of phosphoric ester groups is 1. The molecule has 0 aromatic heterocycles. The number of carbonyl (C=O) groups is 1. The number of nitrogens with zero attached hydrogens (tertiary/aromatic N) is 1. The average Bonchev–Trinajstić information content (AvgIpc) is 3.24. The van der Waals surface area contributed by atoms with Gasteiger partial charge in [0.1, 0.15) is 19.3 Å². The fourth-order valence-corrected chi connectivity index (χ4v) is 7.53. The summed E-state index contributed by atoms with van der Waals surface area (Å²) in [7, 11) is 1.34. The molecule has 0 aromatic rings. The minimum Gasteiger partial charge on any atom is -0.756 e. The second-order valence-electron chi connectivity index (χ2n) is 18.1. The largest absolute Gasteiger partial charge is 0.756 e. The van der Waals surface area contributed by atoms with E-state index >= 15 is 0 Å². The summed E-state index contributed by atoms with van der Waals surface area (Å²) >= 11 is 0. The summed E-state index contributed by atoms with van der Waals surface area (Å²) in [5.74, 6) is -0.343. The van der Waals surface area contributed by atoms with Gasteiger partial charge in [0.25, 0.3) is 7.82 Å². The quantitative estimate of drug-likeness (QED) is 0.0197. The Morgan fingerprint density at radius 2 is 0.921 bits per heavy atom. The highest BCUT2D eigenvalue weighted by Crippen LogP contribution is 2.38. The number of ether oxygens (including phenoxy) is 2. The molecule has 63 heavy (non-hydrogen) atoms. The molecule has 0 radical (unpaired) electrons. The maximum Gasteiger partial charge on any atom is 0.306 e. The van der Waals surface area contributed by atoms with Crippen LogP contribution < -0.4 is 4.89 Å². The summed E-state index contributed by atoms with van der Waals surface area (Å²) in [4.78, 5) is 25.2. The van der Waals surface area contributed by atoms with Gasteiger partial charge >= 0.3 is 5.97 Å². The van der Waals surface area contributed by atoms with Crippen LogP contribution in [-0.4, -0.2) is 70.7 Å². The number of hydrogen-bond acceptors (Lipinski definition) is 7. The lowest BCUT2D eigenvalue weighted by Gasteiger charge is -2.28. The molecule has 0 aliphatic carbocycles. The molecule has 0 aromatic carbocycles. The van der Waals surface area contributed by atoms with E-state index in [2.05, 4.69) is 86.8 Å². The van der Waals surface area contributed by atoms with Gasteiger partial charge in [-0.25, -0.2) is 0 Å². The highest BCUT2D eigenvalue weighted by atomic mass is 31.2. The van der Waals surface area contributed by atoms with Gasteiger partial charge in [-0.3, -0.25) is 9.36 Å². The van der Waals surface area contributed by atoms with Crippen molar-refractivity contribution in [3.05, 3.63) is 72.9 Å².